The molecule has 1 atom stereocenters. The van der Waals surface area contributed by atoms with Gasteiger partial charge >= 0.3 is 0 Å². The zero-order chi connectivity index (χ0) is 12.0. The first-order chi connectivity index (χ1) is 7.59. The zero-order valence-electron chi connectivity index (χ0n) is 9.59. The average Bonchev–Trinajstić information content (AvgIpc) is 2.25. The molecule has 1 amide bonds. The van der Waals surface area contributed by atoms with E-state index >= 15 is 0 Å². The molecule has 4 heteroatoms. The van der Waals surface area contributed by atoms with E-state index in [-0.39, 0.29) is 5.91 Å². The quantitative estimate of drug-likeness (QED) is 0.815. The van der Waals surface area contributed by atoms with Crippen LogP contribution in [0.4, 0.5) is 0 Å². The summed E-state index contributed by atoms with van der Waals surface area (Å²) in [6, 6.07) is 8.52. The summed E-state index contributed by atoms with van der Waals surface area (Å²) in [4.78, 5) is 10.7. The van der Waals surface area contributed by atoms with Gasteiger partial charge in [0.05, 0.1) is 0 Å². The van der Waals surface area contributed by atoms with Crippen molar-refractivity contribution in [2.24, 2.45) is 0 Å². The van der Waals surface area contributed by atoms with Gasteiger partial charge in [-0.25, -0.2) is 0 Å². The summed E-state index contributed by atoms with van der Waals surface area (Å²) in [5.74, 6) is 0.0121. The first kappa shape index (κ1) is 13.2. The minimum absolute atomic E-state index is 0.0121. The molecule has 0 bridgehead atoms. The lowest BCUT2D eigenvalue weighted by atomic mass is 10.1. The summed E-state index contributed by atoms with van der Waals surface area (Å²) in [5.41, 5.74) is 1.24. The maximum Gasteiger partial charge on any atom is 0.216 e. The number of halogens is 1. The lowest BCUT2D eigenvalue weighted by Crippen LogP contribution is -2.31. The molecule has 1 unspecified atom stereocenters. The Hall–Kier alpha value is -0.870. The average molecular weight is 285 g/mol. The number of carbonyl (C=O) groups excluding carboxylic acids is 1. The van der Waals surface area contributed by atoms with Crippen LogP contribution in [-0.4, -0.2) is 19.0 Å². The monoisotopic (exact) mass is 284 g/mol. The highest BCUT2D eigenvalue weighted by Crippen LogP contribution is 2.15. The number of hydrogen-bond donors (Lipinski definition) is 2. The maximum absolute atomic E-state index is 10.7. The van der Waals surface area contributed by atoms with Gasteiger partial charge in [0.1, 0.15) is 0 Å². The Morgan fingerprint density at radius 1 is 1.31 bits per heavy atom. The lowest BCUT2D eigenvalue weighted by molar-refractivity contribution is -0.118. The van der Waals surface area contributed by atoms with Gasteiger partial charge in [-0.1, -0.05) is 28.1 Å². The Morgan fingerprint density at radius 2 is 1.94 bits per heavy atom. The largest absolute Gasteiger partial charge is 0.355 e. The third kappa shape index (κ3) is 4.77. The fourth-order valence-electron chi connectivity index (χ4n) is 1.40. The van der Waals surface area contributed by atoms with E-state index in [2.05, 4.69) is 45.6 Å². The molecule has 88 valence electrons. The van der Waals surface area contributed by atoms with Crippen molar-refractivity contribution >= 4 is 21.8 Å². The summed E-state index contributed by atoms with van der Waals surface area (Å²) in [7, 11) is 0. The summed E-state index contributed by atoms with van der Waals surface area (Å²) < 4.78 is 1.08. The molecule has 0 aromatic heterocycles. The molecule has 0 aliphatic carbocycles. The normalized spacial score (nSPS) is 12.2. The van der Waals surface area contributed by atoms with E-state index in [0.29, 0.717) is 12.6 Å². The molecule has 0 aliphatic rings. The van der Waals surface area contributed by atoms with Gasteiger partial charge in [-0.3, -0.25) is 4.79 Å². The van der Waals surface area contributed by atoms with Crippen molar-refractivity contribution in [2.75, 3.05) is 13.1 Å². The highest BCUT2D eigenvalue weighted by molar-refractivity contribution is 9.10. The van der Waals surface area contributed by atoms with Gasteiger partial charge in [0, 0.05) is 30.5 Å². The van der Waals surface area contributed by atoms with E-state index < -0.39 is 0 Å². The predicted molar refractivity (Wildman–Crippen MR) is 69.2 cm³/mol. The molecule has 0 saturated carbocycles. The molecule has 3 nitrogen and oxygen atoms in total. The highest BCUT2D eigenvalue weighted by atomic mass is 79.9. The van der Waals surface area contributed by atoms with Crippen molar-refractivity contribution < 1.29 is 4.79 Å². The standard InChI is InChI=1S/C12H17BrN2O/c1-9(14-7-8-15-10(2)16)11-3-5-12(13)6-4-11/h3-6,9,14H,7-8H2,1-2H3,(H,15,16). The first-order valence-corrected chi connectivity index (χ1v) is 6.12. The molecular weight excluding hydrogens is 268 g/mol. The molecule has 0 heterocycles. The molecule has 0 saturated heterocycles. The van der Waals surface area contributed by atoms with Crippen molar-refractivity contribution in [3.8, 4) is 0 Å². The van der Waals surface area contributed by atoms with Gasteiger partial charge in [-0.2, -0.15) is 0 Å². The minimum atomic E-state index is 0.0121. The molecule has 1 rings (SSSR count). The number of benzene rings is 1. The van der Waals surface area contributed by atoms with Crippen LogP contribution in [-0.2, 0) is 4.79 Å². The summed E-state index contributed by atoms with van der Waals surface area (Å²) in [5, 5.41) is 6.10. The van der Waals surface area contributed by atoms with Crippen molar-refractivity contribution in [1.29, 1.82) is 0 Å². The van der Waals surface area contributed by atoms with Gasteiger partial charge in [-0.05, 0) is 24.6 Å². The molecule has 2 N–H and O–H groups in total. The molecule has 0 radical (unpaired) electrons. The number of amides is 1. The van der Waals surface area contributed by atoms with E-state index in [0.717, 1.165) is 11.0 Å². The second-order valence-electron chi connectivity index (χ2n) is 3.71. The van der Waals surface area contributed by atoms with Crippen LogP contribution in [0, 0.1) is 0 Å². The highest BCUT2D eigenvalue weighted by Gasteiger charge is 2.03. The first-order valence-electron chi connectivity index (χ1n) is 5.33. The van der Waals surface area contributed by atoms with Crippen molar-refractivity contribution in [3.63, 3.8) is 0 Å². The minimum Gasteiger partial charge on any atom is -0.355 e. The van der Waals surface area contributed by atoms with E-state index in [4.69, 9.17) is 0 Å². The second-order valence-corrected chi connectivity index (χ2v) is 4.63. The number of rotatable bonds is 5. The number of nitrogens with one attached hydrogen (secondary N) is 2. The van der Waals surface area contributed by atoms with Gasteiger partial charge < -0.3 is 10.6 Å². The molecule has 0 fully saturated rings. The van der Waals surface area contributed by atoms with E-state index in [9.17, 15) is 4.79 Å². The van der Waals surface area contributed by atoms with Crippen LogP contribution >= 0.6 is 15.9 Å². The maximum atomic E-state index is 10.7. The Balaban J connectivity index is 2.32. The van der Waals surface area contributed by atoms with Gasteiger partial charge in [-0.15, -0.1) is 0 Å². The van der Waals surface area contributed by atoms with E-state index in [1.54, 1.807) is 0 Å². The van der Waals surface area contributed by atoms with Gasteiger partial charge in [0.2, 0.25) is 5.91 Å². The summed E-state index contributed by atoms with van der Waals surface area (Å²) >= 11 is 3.41. The molecular formula is C12H17BrN2O. The molecule has 1 aromatic carbocycles. The van der Waals surface area contributed by atoms with Crippen LogP contribution in [0.1, 0.15) is 25.5 Å². The number of hydrogen-bond acceptors (Lipinski definition) is 2. The molecule has 0 aliphatic heterocycles. The topological polar surface area (TPSA) is 41.1 Å². The predicted octanol–water partition coefficient (Wildman–Crippen LogP) is 2.24. The van der Waals surface area contributed by atoms with Crippen LogP contribution < -0.4 is 10.6 Å². The van der Waals surface area contributed by atoms with E-state index in [1.807, 2.05) is 12.1 Å². The van der Waals surface area contributed by atoms with Crippen molar-refractivity contribution in [3.05, 3.63) is 34.3 Å². The van der Waals surface area contributed by atoms with Gasteiger partial charge in [0.15, 0.2) is 0 Å². The van der Waals surface area contributed by atoms with Crippen LogP contribution in [0.15, 0.2) is 28.7 Å². The summed E-state index contributed by atoms with van der Waals surface area (Å²) in [6.45, 7) is 5.07. The fraction of sp³-hybridized carbons (Fsp3) is 0.417. The molecule has 1 aromatic rings. The Kier molecular flexibility index (Phi) is 5.49. The number of carbonyl (C=O) groups is 1. The van der Waals surface area contributed by atoms with E-state index in [1.165, 1.54) is 12.5 Å². The molecule has 0 spiro atoms. The fourth-order valence-corrected chi connectivity index (χ4v) is 1.66. The van der Waals surface area contributed by atoms with Crippen LogP contribution in [0.3, 0.4) is 0 Å². The Bertz CT molecular complexity index is 337. The van der Waals surface area contributed by atoms with Crippen LogP contribution in [0.25, 0.3) is 0 Å². The third-order valence-corrected chi connectivity index (χ3v) is 2.85. The van der Waals surface area contributed by atoms with Crippen molar-refractivity contribution in [1.82, 2.24) is 10.6 Å². The van der Waals surface area contributed by atoms with Crippen LogP contribution in [0.2, 0.25) is 0 Å². The smallest absolute Gasteiger partial charge is 0.216 e. The second kappa shape index (κ2) is 6.66. The zero-order valence-corrected chi connectivity index (χ0v) is 11.2. The Labute approximate surface area is 105 Å². The summed E-state index contributed by atoms with van der Waals surface area (Å²) in [6.07, 6.45) is 0. The molecule has 16 heavy (non-hydrogen) atoms. The van der Waals surface area contributed by atoms with Gasteiger partial charge in [0.25, 0.3) is 0 Å². The SMILES string of the molecule is CC(=O)NCCNC(C)c1ccc(Br)cc1. The lowest BCUT2D eigenvalue weighted by Gasteiger charge is -2.14. The van der Waals surface area contributed by atoms with Crippen LogP contribution in [0.5, 0.6) is 0 Å². The Morgan fingerprint density at radius 3 is 2.50 bits per heavy atom. The van der Waals surface area contributed by atoms with Crippen molar-refractivity contribution in [2.45, 2.75) is 19.9 Å². The third-order valence-electron chi connectivity index (χ3n) is 2.32.